The Labute approximate surface area is 132 Å². The van der Waals surface area contributed by atoms with Gasteiger partial charge in [-0.3, -0.25) is 14.5 Å². The maximum atomic E-state index is 12.5. The molecule has 2 amide bonds. The van der Waals surface area contributed by atoms with E-state index in [0.29, 0.717) is 21.2 Å². The minimum absolute atomic E-state index is 0.130. The average Bonchev–Trinajstić information content (AvgIpc) is 2.47. The van der Waals surface area contributed by atoms with Gasteiger partial charge in [0.15, 0.2) is 0 Å². The van der Waals surface area contributed by atoms with Crippen LogP contribution in [0, 0.1) is 0 Å². The molecule has 0 aromatic heterocycles. The number of hydrogen-bond acceptors (Lipinski definition) is 2. The summed E-state index contributed by atoms with van der Waals surface area (Å²) in [6.07, 6.45) is 0.222. The molecular formula is C16H11Cl2NO2. The van der Waals surface area contributed by atoms with Crippen LogP contribution < -0.4 is 0 Å². The van der Waals surface area contributed by atoms with E-state index in [1.807, 2.05) is 6.07 Å². The van der Waals surface area contributed by atoms with Crippen LogP contribution in [0.2, 0.25) is 10.0 Å². The summed E-state index contributed by atoms with van der Waals surface area (Å²) >= 11 is 12.1. The third-order valence-corrected chi connectivity index (χ3v) is 4.35. The molecule has 5 heteroatoms. The molecule has 0 radical (unpaired) electrons. The Morgan fingerprint density at radius 3 is 2.57 bits per heavy atom. The summed E-state index contributed by atoms with van der Waals surface area (Å²) in [5, 5.41) is 0.782. The van der Waals surface area contributed by atoms with E-state index < -0.39 is 0 Å². The van der Waals surface area contributed by atoms with Gasteiger partial charge in [-0.2, -0.15) is 0 Å². The Balaban J connectivity index is 1.95. The molecule has 0 unspecified atom stereocenters. The molecule has 1 aliphatic heterocycles. The first-order chi connectivity index (χ1) is 10.1. The number of carbonyl (C=O) groups is 2. The maximum absolute atomic E-state index is 12.5. The molecule has 0 atom stereocenters. The van der Waals surface area contributed by atoms with E-state index in [0.717, 1.165) is 5.56 Å². The van der Waals surface area contributed by atoms with Crippen LogP contribution in [0.3, 0.4) is 0 Å². The number of halogens is 2. The Bertz CT molecular complexity index is 743. The van der Waals surface area contributed by atoms with Gasteiger partial charge in [0.2, 0.25) is 5.91 Å². The van der Waals surface area contributed by atoms with Gasteiger partial charge in [-0.25, -0.2) is 0 Å². The van der Waals surface area contributed by atoms with Crippen molar-refractivity contribution in [3.05, 3.63) is 69.2 Å². The number of hydrogen-bond donors (Lipinski definition) is 0. The molecule has 3 nitrogen and oxygen atoms in total. The number of carbonyl (C=O) groups excluding carboxylic acids is 2. The van der Waals surface area contributed by atoms with Gasteiger partial charge in [0.05, 0.1) is 23.0 Å². The van der Waals surface area contributed by atoms with Crippen LogP contribution in [-0.4, -0.2) is 16.7 Å². The molecule has 1 heterocycles. The van der Waals surface area contributed by atoms with E-state index in [-0.39, 0.29) is 24.8 Å². The second-order valence-corrected chi connectivity index (χ2v) is 5.62. The topological polar surface area (TPSA) is 37.4 Å². The Morgan fingerprint density at radius 1 is 1.00 bits per heavy atom. The first-order valence-electron chi connectivity index (χ1n) is 6.43. The summed E-state index contributed by atoms with van der Waals surface area (Å²) in [4.78, 5) is 25.9. The average molecular weight is 320 g/mol. The van der Waals surface area contributed by atoms with Gasteiger partial charge >= 0.3 is 0 Å². The van der Waals surface area contributed by atoms with Gasteiger partial charge in [0.25, 0.3) is 5.91 Å². The number of imide groups is 1. The summed E-state index contributed by atoms with van der Waals surface area (Å²) in [6, 6.07) is 12.3. The summed E-state index contributed by atoms with van der Waals surface area (Å²) in [6.45, 7) is 0.130. The Kier molecular flexibility index (Phi) is 3.70. The quantitative estimate of drug-likeness (QED) is 0.791. The molecule has 2 aromatic carbocycles. The van der Waals surface area contributed by atoms with Gasteiger partial charge in [0.1, 0.15) is 0 Å². The molecule has 1 aliphatic rings. The van der Waals surface area contributed by atoms with Crippen molar-refractivity contribution in [3.8, 4) is 0 Å². The van der Waals surface area contributed by atoms with Crippen molar-refractivity contribution < 1.29 is 9.59 Å². The molecule has 0 bridgehead atoms. The number of rotatable bonds is 2. The first kappa shape index (κ1) is 14.1. The van der Waals surface area contributed by atoms with Crippen molar-refractivity contribution in [2.75, 3.05) is 0 Å². The lowest BCUT2D eigenvalue weighted by atomic mass is 9.98. The molecule has 0 fully saturated rings. The standard InChI is InChI=1S/C16H11Cl2NO2/c17-13-7-3-5-11(15(13)18)9-19-14(20)8-10-4-1-2-6-12(10)16(19)21/h1-7H,8-9H2. The van der Waals surface area contributed by atoms with Gasteiger partial charge in [0, 0.05) is 5.56 Å². The summed E-state index contributed by atoms with van der Waals surface area (Å²) < 4.78 is 0. The van der Waals surface area contributed by atoms with E-state index in [2.05, 4.69) is 0 Å². The van der Waals surface area contributed by atoms with E-state index >= 15 is 0 Å². The highest BCUT2D eigenvalue weighted by molar-refractivity contribution is 6.42. The van der Waals surface area contributed by atoms with Crippen molar-refractivity contribution >= 4 is 35.0 Å². The first-order valence-corrected chi connectivity index (χ1v) is 7.19. The summed E-state index contributed by atoms with van der Waals surface area (Å²) in [7, 11) is 0. The van der Waals surface area contributed by atoms with Crippen LogP contribution in [0.5, 0.6) is 0 Å². The van der Waals surface area contributed by atoms with E-state index in [1.165, 1.54) is 4.90 Å². The second-order valence-electron chi connectivity index (χ2n) is 4.83. The minimum Gasteiger partial charge on any atom is -0.274 e. The van der Waals surface area contributed by atoms with Crippen molar-refractivity contribution in [1.29, 1.82) is 0 Å². The number of nitrogens with zero attached hydrogens (tertiary/aromatic N) is 1. The van der Waals surface area contributed by atoms with Crippen molar-refractivity contribution in [2.24, 2.45) is 0 Å². The van der Waals surface area contributed by atoms with Crippen molar-refractivity contribution in [2.45, 2.75) is 13.0 Å². The molecule has 21 heavy (non-hydrogen) atoms. The van der Waals surface area contributed by atoms with E-state index in [4.69, 9.17) is 23.2 Å². The molecular weight excluding hydrogens is 309 g/mol. The van der Waals surface area contributed by atoms with Crippen LogP contribution in [0.1, 0.15) is 21.5 Å². The number of benzene rings is 2. The third-order valence-electron chi connectivity index (χ3n) is 3.50. The third kappa shape index (κ3) is 2.55. The zero-order chi connectivity index (χ0) is 15.0. The fourth-order valence-corrected chi connectivity index (χ4v) is 2.78. The number of amides is 2. The smallest absolute Gasteiger partial charge is 0.261 e. The molecule has 106 valence electrons. The van der Waals surface area contributed by atoms with Crippen LogP contribution >= 0.6 is 23.2 Å². The summed E-state index contributed by atoms with van der Waals surface area (Å²) in [5.41, 5.74) is 1.99. The number of fused-ring (bicyclic) bond motifs is 1. The molecule has 0 saturated carbocycles. The largest absolute Gasteiger partial charge is 0.274 e. The molecule has 0 N–H and O–H groups in total. The highest BCUT2D eigenvalue weighted by Crippen LogP contribution is 2.28. The van der Waals surface area contributed by atoms with Crippen LogP contribution in [-0.2, 0) is 17.8 Å². The molecule has 0 spiro atoms. The van der Waals surface area contributed by atoms with Crippen molar-refractivity contribution in [1.82, 2.24) is 4.90 Å². The minimum atomic E-state index is -0.294. The van der Waals surface area contributed by atoms with E-state index in [9.17, 15) is 9.59 Å². The predicted octanol–water partition coefficient (Wildman–Crippen LogP) is 3.72. The van der Waals surface area contributed by atoms with Crippen LogP contribution in [0.4, 0.5) is 0 Å². The van der Waals surface area contributed by atoms with Crippen LogP contribution in [0.25, 0.3) is 0 Å². The van der Waals surface area contributed by atoms with E-state index in [1.54, 1.807) is 36.4 Å². The van der Waals surface area contributed by atoms with Gasteiger partial charge in [-0.1, -0.05) is 53.5 Å². The Morgan fingerprint density at radius 2 is 1.76 bits per heavy atom. The zero-order valence-corrected chi connectivity index (χ0v) is 12.5. The van der Waals surface area contributed by atoms with Crippen molar-refractivity contribution in [3.63, 3.8) is 0 Å². The fourth-order valence-electron chi connectivity index (χ4n) is 2.40. The maximum Gasteiger partial charge on any atom is 0.261 e. The lowest BCUT2D eigenvalue weighted by Gasteiger charge is -2.27. The highest BCUT2D eigenvalue weighted by atomic mass is 35.5. The zero-order valence-electron chi connectivity index (χ0n) is 11.0. The Hall–Kier alpha value is -1.84. The molecule has 0 saturated heterocycles. The second kappa shape index (κ2) is 5.51. The van der Waals surface area contributed by atoms with Gasteiger partial charge in [-0.05, 0) is 23.3 Å². The lowest BCUT2D eigenvalue weighted by molar-refractivity contribution is -0.128. The fraction of sp³-hybridized carbons (Fsp3) is 0.125. The molecule has 0 aliphatic carbocycles. The molecule has 2 aromatic rings. The predicted molar refractivity (Wildman–Crippen MR) is 81.5 cm³/mol. The normalized spacial score (nSPS) is 14.3. The lowest BCUT2D eigenvalue weighted by Crippen LogP contribution is -2.41. The highest BCUT2D eigenvalue weighted by Gasteiger charge is 2.30. The molecule has 3 rings (SSSR count). The SMILES string of the molecule is O=C1Cc2ccccc2C(=O)N1Cc1cccc(Cl)c1Cl. The van der Waals surface area contributed by atoms with Gasteiger partial charge in [-0.15, -0.1) is 0 Å². The monoisotopic (exact) mass is 319 g/mol. The van der Waals surface area contributed by atoms with Gasteiger partial charge < -0.3 is 0 Å². The summed E-state index contributed by atoms with van der Waals surface area (Å²) in [5.74, 6) is -0.521. The van der Waals surface area contributed by atoms with Crippen LogP contribution in [0.15, 0.2) is 42.5 Å².